The molecule has 0 aromatic heterocycles. The van der Waals surface area contributed by atoms with E-state index >= 15 is 0 Å². The van der Waals surface area contributed by atoms with Gasteiger partial charge in [-0.15, -0.1) is 0 Å². The van der Waals surface area contributed by atoms with E-state index < -0.39 is 11.9 Å². The van der Waals surface area contributed by atoms with Gasteiger partial charge >= 0.3 is 5.97 Å². The second-order valence-corrected chi connectivity index (χ2v) is 13.8. The molecule has 0 atom stereocenters. The average Bonchev–Trinajstić information content (AvgIpc) is 3.02. The van der Waals surface area contributed by atoms with Crippen LogP contribution >= 0.6 is 11.8 Å². The number of carboxylic acid groups (broad SMARTS) is 2. The van der Waals surface area contributed by atoms with Crippen LogP contribution < -0.4 is 5.11 Å². The van der Waals surface area contributed by atoms with Crippen LogP contribution in [0.15, 0.2) is 88.7 Å². The van der Waals surface area contributed by atoms with Crippen LogP contribution in [0.4, 0.5) is 0 Å². The van der Waals surface area contributed by atoms with Gasteiger partial charge in [0.2, 0.25) is 0 Å². The summed E-state index contributed by atoms with van der Waals surface area (Å²) in [6.07, 6.45) is 20.2. The number of quaternary nitrogens is 1. The highest BCUT2D eigenvalue weighted by Gasteiger charge is 2.14. The molecule has 0 saturated heterocycles. The number of hydrogen-bond acceptors (Lipinski definition) is 4. The van der Waals surface area contributed by atoms with Crippen LogP contribution in [0.2, 0.25) is 0 Å². The van der Waals surface area contributed by atoms with Crippen molar-refractivity contribution in [1.29, 1.82) is 0 Å². The van der Waals surface area contributed by atoms with E-state index in [4.69, 9.17) is 5.11 Å². The van der Waals surface area contributed by atoms with E-state index in [9.17, 15) is 14.7 Å². The van der Waals surface area contributed by atoms with Crippen LogP contribution in [0.5, 0.6) is 0 Å². The van der Waals surface area contributed by atoms with Crippen molar-refractivity contribution in [2.45, 2.75) is 113 Å². The Bertz CT molecular complexity index is 1150. The Morgan fingerprint density at radius 2 is 1.04 bits per heavy atom. The van der Waals surface area contributed by atoms with Crippen LogP contribution in [0.25, 0.3) is 0 Å². The van der Waals surface area contributed by atoms with E-state index in [2.05, 4.69) is 51.4 Å². The lowest BCUT2D eigenvalue weighted by molar-refractivity contribution is -0.903. The van der Waals surface area contributed by atoms with Gasteiger partial charge in [-0.05, 0) is 54.8 Å². The zero-order valence-corrected chi connectivity index (χ0v) is 28.7. The summed E-state index contributed by atoms with van der Waals surface area (Å²) in [4.78, 5) is 23.1. The molecule has 5 nitrogen and oxygen atoms in total. The SMILES string of the molecule is CCCCCCCCCCCCCCCC[N+](C)(C)Cc1ccccc1.O=C([O-])c1ccc(Sc2ccc(C(=O)O)cc2)cc1. The third-order valence-corrected chi connectivity index (χ3v) is 9.01. The van der Waals surface area contributed by atoms with E-state index in [1.807, 2.05) is 0 Å². The van der Waals surface area contributed by atoms with Crippen LogP contribution in [0.3, 0.4) is 0 Å². The number of carbonyl (C=O) groups is 2. The quantitative estimate of drug-likeness (QED) is 0.0934. The molecule has 3 aromatic rings. The molecule has 3 rings (SSSR count). The second kappa shape index (κ2) is 22.4. The summed E-state index contributed by atoms with van der Waals surface area (Å²) < 4.78 is 1.11. The summed E-state index contributed by atoms with van der Waals surface area (Å²) in [5.74, 6) is -2.17. The molecular weight excluding hydrogens is 578 g/mol. The van der Waals surface area contributed by atoms with Crippen molar-refractivity contribution in [2.75, 3.05) is 20.6 Å². The lowest BCUT2D eigenvalue weighted by Crippen LogP contribution is -2.39. The number of hydrogen-bond donors (Lipinski definition) is 1. The molecule has 0 heterocycles. The van der Waals surface area contributed by atoms with E-state index in [-0.39, 0.29) is 11.1 Å². The molecule has 0 bridgehead atoms. The van der Waals surface area contributed by atoms with E-state index in [0.29, 0.717) is 0 Å². The molecule has 0 aliphatic heterocycles. The van der Waals surface area contributed by atoms with Gasteiger partial charge in [0.1, 0.15) is 6.54 Å². The van der Waals surface area contributed by atoms with Crippen molar-refractivity contribution >= 4 is 23.7 Å². The van der Waals surface area contributed by atoms with Crippen LogP contribution in [0, 0.1) is 0 Å². The summed E-state index contributed by atoms with van der Waals surface area (Å²) in [5, 5.41) is 19.4. The Morgan fingerprint density at radius 3 is 1.47 bits per heavy atom. The summed E-state index contributed by atoms with van der Waals surface area (Å²) in [7, 11) is 4.74. The van der Waals surface area contributed by atoms with Crippen molar-refractivity contribution in [3.63, 3.8) is 0 Å². The minimum Gasteiger partial charge on any atom is -0.545 e. The number of carbonyl (C=O) groups excluding carboxylic acids is 1. The number of unbranched alkanes of at least 4 members (excludes halogenated alkanes) is 13. The predicted octanol–water partition coefficient (Wildman–Crippen LogP) is 9.64. The fourth-order valence-electron chi connectivity index (χ4n) is 5.35. The number of rotatable bonds is 21. The van der Waals surface area contributed by atoms with Gasteiger partial charge in [0.05, 0.1) is 32.2 Å². The molecule has 0 aliphatic rings. The number of carboxylic acids is 2. The van der Waals surface area contributed by atoms with E-state index in [1.54, 1.807) is 24.3 Å². The van der Waals surface area contributed by atoms with Crippen LogP contribution in [-0.4, -0.2) is 42.2 Å². The lowest BCUT2D eigenvalue weighted by atomic mass is 10.0. The van der Waals surface area contributed by atoms with Gasteiger partial charge in [0, 0.05) is 15.4 Å². The van der Waals surface area contributed by atoms with Gasteiger partial charge in [-0.3, -0.25) is 0 Å². The Morgan fingerprint density at radius 1 is 0.622 bits per heavy atom. The maximum absolute atomic E-state index is 10.7. The van der Waals surface area contributed by atoms with E-state index in [1.165, 1.54) is 138 Å². The summed E-state index contributed by atoms with van der Waals surface area (Å²) in [6, 6.07) is 23.7. The zero-order chi connectivity index (χ0) is 32.8. The molecule has 0 radical (unpaired) electrons. The first-order valence-electron chi connectivity index (χ1n) is 16.9. The number of benzene rings is 3. The Kier molecular flexibility index (Phi) is 19.0. The Hall–Kier alpha value is -3.09. The molecule has 6 heteroatoms. The minimum absolute atomic E-state index is 0.130. The van der Waals surface area contributed by atoms with Crippen molar-refractivity contribution in [3.8, 4) is 0 Å². The first kappa shape index (κ1) is 38.1. The third-order valence-electron chi connectivity index (χ3n) is 8.00. The summed E-state index contributed by atoms with van der Waals surface area (Å²) in [5.41, 5.74) is 1.82. The minimum atomic E-state index is -1.21. The van der Waals surface area contributed by atoms with Crippen LogP contribution in [-0.2, 0) is 6.54 Å². The van der Waals surface area contributed by atoms with Gasteiger partial charge in [-0.1, -0.05) is 138 Å². The van der Waals surface area contributed by atoms with Gasteiger partial charge in [0.25, 0.3) is 0 Å². The fraction of sp³-hybridized carbons (Fsp3) is 0.487. The van der Waals surface area contributed by atoms with Gasteiger partial charge < -0.3 is 19.5 Å². The van der Waals surface area contributed by atoms with Crippen molar-refractivity contribution in [3.05, 3.63) is 95.6 Å². The monoisotopic (exact) mass is 633 g/mol. The Labute approximate surface area is 276 Å². The van der Waals surface area contributed by atoms with Crippen molar-refractivity contribution in [1.82, 2.24) is 0 Å². The highest BCUT2D eigenvalue weighted by Crippen LogP contribution is 2.28. The topological polar surface area (TPSA) is 77.4 Å². The standard InChI is InChI=1S/C25H46N.C14H10O4S/c1-4-5-6-7-8-9-10-11-12-13-14-15-16-20-23-26(2,3)24-25-21-18-17-19-22-25;15-13(16)9-1-5-11(6-2-9)19-12-7-3-10(4-8-12)14(17)18/h17-19,21-22H,4-16,20,23-24H2,1-3H3;1-8H,(H,15,16)(H,17,18)/q+1;/p-1. The van der Waals surface area contributed by atoms with Crippen LogP contribution in [0.1, 0.15) is 123 Å². The second-order valence-electron chi connectivity index (χ2n) is 12.6. The third kappa shape index (κ3) is 17.8. The van der Waals surface area contributed by atoms with Crippen molar-refractivity contribution in [2.24, 2.45) is 0 Å². The first-order valence-corrected chi connectivity index (χ1v) is 17.7. The zero-order valence-electron chi connectivity index (χ0n) is 27.8. The molecule has 0 unspecified atom stereocenters. The average molecular weight is 634 g/mol. The molecule has 246 valence electrons. The van der Waals surface area contributed by atoms with Gasteiger partial charge in [-0.25, -0.2) is 4.79 Å². The van der Waals surface area contributed by atoms with E-state index in [0.717, 1.165) is 20.8 Å². The highest BCUT2D eigenvalue weighted by atomic mass is 32.2. The number of aromatic carboxylic acids is 2. The first-order chi connectivity index (χ1) is 21.7. The molecule has 0 spiro atoms. The molecule has 3 aromatic carbocycles. The maximum atomic E-state index is 10.7. The summed E-state index contributed by atoms with van der Waals surface area (Å²) >= 11 is 1.42. The normalized spacial score (nSPS) is 11.1. The molecule has 0 amide bonds. The maximum Gasteiger partial charge on any atom is 0.335 e. The predicted molar refractivity (Wildman–Crippen MR) is 186 cm³/mol. The van der Waals surface area contributed by atoms with Gasteiger partial charge in [-0.2, -0.15) is 0 Å². The van der Waals surface area contributed by atoms with Gasteiger partial charge in [0.15, 0.2) is 0 Å². The highest BCUT2D eigenvalue weighted by molar-refractivity contribution is 7.99. The summed E-state index contributed by atoms with van der Waals surface area (Å²) in [6.45, 7) is 4.75. The molecular formula is C39H55NO4S. The fourth-order valence-corrected chi connectivity index (χ4v) is 6.17. The van der Waals surface area contributed by atoms with Crippen molar-refractivity contribution < 1.29 is 24.3 Å². The lowest BCUT2D eigenvalue weighted by Gasteiger charge is -2.30. The molecule has 45 heavy (non-hydrogen) atoms. The molecule has 1 N–H and O–H groups in total. The largest absolute Gasteiger partial charge is 0.545 e. The molecule has 0 aliphatic carbocycles. The number of nitrogens with zero attached hydrogens (tertiary/aromatic N) is 1. The molecule has 0 saturated carbocycles. The molecule has 0 fully saturated rings. The Balaban J connectivity index is 0.000000328. The smallest absolute Gasteiger partial charge is 0.335 e.